The summed E-state index contributed by atoms with van der Waals surface area (Å²) < 4.78 is 11.3. The Morgan fingerprint density at radius 1 is 0.431 bits per heavy atom. The van der Waals surface area contributed by atoms with Crippen LogP contribution >= 0.6 is 11.3 Å². The van der Waals surface area contributed by atoms with E-state index in [1.54, 1.807) is 11.3 Å². The molecule has 238 valence electrons. The van der Waals surface area contributed by atoms with Crippen LogP contribution in [-0.4, -0.2) is 19.5 Å². The van der Waals surface area contributed by atoms with Gasteiger partial charge in [-0.2, -0.15) is 0 Å². The number of hydrogen-bond acceptors (Lipinski definition) is 5. The van der Waals surface area contributed by atoms with Crippen LogP contribution in [0.3, 0.4) is 0 Å². The number of furan rings is 1. The highest BCUT2D eigenvalue weighted by Gasteiger charge is 2.22. The lowest BCUT2D eigenvalue weighted by atomic mass is 10.1. The molecule has 0 aliphatic rings. The van der Waals surface area contributed by atoms with Crippen LogP contribution in [0.5, 0.6) is 0 Å². The van der Waals surface area contributed by atoms with Gasteiger partial charge in [0, 0.05) is 52.8 Å². The van der Waals surface area contributed by atoms with Crippen LogP contribution in [0.25, 0.3) is 104 Å². The molecule has 0 spiro atoms. The molecule has 0 saturated carbocycles. The maximum absolute atomic E-state index is 6.50. The number of aromatic nitrogens is 4. The highest BCUT2D eigenvalue weighted by Crippen LogP contribution is 2.43. The highest BCUT2D eigenvalue weighted by molar-refractivity contribution is 7.25. The minimum Gasteiger partial charge on any atom is -0.455 e. The predicted octanol–water partition coefficient (Wildman–Crippen LogP) is 12.2. The smallest absolute Gasteiger partial charge is 0.167 e. The van der Waals surface area contributed by atoms with Gasteiger partial charge in [-0.1, -0.05) is 115 Å². The minimum atomic E-state index is 0.563. The molecule has 11 rings (SSSR count). The third-order valence-corrected chi connectivity index (χ3v) is 11.0. The summed E-state index contributed by atoms with van der Waals surface area (Å²) in [5.41, 5.74) is 7.54. The number of thiophene rings is 1. The number of fused-ring (bicyclic) bond motifs is 9. The molecule has 0 aliphatic heterocycles. The third kappa shape index (κ3) is 4.30. The van der Waals surface area contributed by atoms with Gasteiger partial charge in [-0.15, -0.1) is 11.3 Å². The standard InChI is InChI=1S/C45H26N4OS/c1-2-13-27(14-3-1)43-46-44(33-20-12-19-32-30-17-6-10-23-39(30)50-42(32)33)48-45(47-43)35-26-41-34(31-18-7-11-24-40(31)51-41)25-38(35)49-36-21-8-4-15-28(36)29-16-5-9-22-37(29)49/h1-26H. The molecule has 0 fully saturated rings. The number of hydrogen-bond donors (Lipinski definition) is 0. The van der Waals surface area contributed by atoms with E-state index in [1.165, 1.54) is 30.9 Å². The van der Waals surface area contributed by atoms with E-state index in [9.17, 15) is 0 Å². The highest BCUT2D eigenvalue weighted by atomic mass is 32.1. The van der Waals surface area contributed by atoms with Gasteiger partial charge in [0.15, 0.2) is 17.5 Å². The molecule has 4 heterocycles. The summed E-state index contributed by atoms with van der Waals surface area (Å²) in [6.45, 7) is 0. The fourth-order valence-electron chi connectivity index (χ4n) is 7.56. The first-order chi connectivity index (χ1) is 25.3. The molecule has 5 nitrogen and oxygen atoms in total. The molecule has 4 aromatic heterocycles. The normalized spacial score (nSPS) is 11.9. The lowest BCUT2D eigenvalue weighted by molar-refractivity contribution is 0.669. The molecule has 7 aromatic carbocycles. The Balaban J connectivity index is 1.26. The fourth-order valence-corrected chi connectivity index (χ4v) is 8.69. The summed E-state index contributed by atoms with van der Waals surface area (Å²) >= 11 is 1.79. The van der Waals surface area contributed by atoms with Crippen molar-refractivity contribution in [3.8, 4) is 39.9 Å². The predicted molar refractivity (Wildman–Crippen MR) is 211 cm³/mol. The van der Waals surface area contributed by atoms with Crippen molar-refractivity contribution in [2.75, 3.05) is 0 Å². The molecule has 0 atom stereocenters. The van der Waals surface area contributed by atoms with E-state index in [-0.39, 0.29) is 0 Å². The van der Waals surface area contributed by atoms with Crippen LogP contribution in [-0.2, 0) is 0 Å². The van der Waals surface area contributed by atoms with Crippen molar-refractivity contribution < 1.29 is 4.42 Å². The zero-order chi connectivity index (χ0) is 33.5. The zero-order valence-corrected chi connectivity index (χ0v) is 27.9. The van der Waals surface area contributed by atoms with Crippen LogP contribution in [0.15, 0.2) is 162 Å². The van der Waals surface area contributed by atoms with Crippen LogP contribution in [0.1, 0.15) is 0 Å². The molecule has 0 radical (unpaired) electrons. The van der Waals surface area contributed by atoms with Crippen molar-refractivity contribution in [1.29, 1.82) is 0 Å². The van der Waals surface area contributed by atoms with Gasteiger partial charge in [0.05, 0.1) is 22.3 Å². The Bertz CT molecular complexity index is 3100. The number of benzene rings is 7. The molecule has 0 N–H and O–H groups in total. The van der Waals surface area contributed by atoms with Gasteiger partial charge in [0.1, 0.15) is 11.2 Å². The van der Waals surface area contributed by atoms with Crippen molar-refractivity contribution in [3.63, 3.8) is 0 Å². The lowest BCUT2D eigenvalue weighted by Gasteiger charge is -2.15. The number of nitrogens with zero attached hydrogens (tertiary/aromatic N) is 4. The van der Waals surface area contributed by atoms with Gasteiger partial charge in [-0.25, -0.2) is 15.0 Å². The third-order valence-electron chi connectivity index (χ3n) is 9.87. The summed E-state index contributed by atoms with van der Waals surface area (Å²) in [5.74, 6) is 1.77. The first-order valence-electron chi connectivity index (χ1n) is 16.9. The molecule has 0 amide bonds. The van der Waals surface area contributed by atoms with E-state index in [2.05, 4.69) is 108 Å². The average Bonchev–Trinajstić information content (AvgIpc) is 3.87. The first kappa shape index (κ1) is 28.2. The Morgan fingerprint density at radius 3 is 1.82 bits per heavy atom. The Morgan fingerprint density at radius 2 is 1.04 bits per heavy atom. The second kappa shape index (κ2) is 10.9. The quantitative estimate of drug-likeness (QED) is 0.187. The van der Waals surface area contributed by atoms with Crippen LogP contribution in [0, 0.1) is 0 Å². The van der Waals surface area contributed by atoms with E-state index in [4.69, 9.17) is 19.4 Å². The topological polar surface area (TPSA) is 56.7 Å². The van der Waals surface area contributed by atoms with E-state index < -0.39 is 0 Å². The summed E-state index contributed by atoms with van der Waals surface area (Å²) in [5, 5.41) is 6.95. The molecular formula is C45H26N4OS. The monoisotopic (exact) mass is 670 g/mol. The van der Waals surface area contributed by atoms with Crippen molar-refractivity contribution >= 4 is 75.3 Å². The summed E-state index contributed by atoms with van der Waals surface area (Å²) in [6, 6.07) is 55.0. The van der Waals surface area contributed by atoms with Crippen molar-refractivity contribution in [2.24, 2.45) is 0 Å². The van der Waals surface area contributed by atoms with Gasteiger partial charge in [0.25, 0.3) is 0 Å². The van der Waals surface area contributed by atoms with E-state index >= 15 is 0 Å². The Hall–Kier alpha value is -6.63. The largest absolute Gasteiger partial charge is 0.455 e. The van der Waals surface area contributed by atoms with Gasteiger partial charge < -0.3 is 8.98 Å². The van der Waals surface area contributed by atoms with Crippen LogP contribution < -0.4 is 0 Å². The summed E-state index contributed by atoms with van der Waals surface area (Å²) in [4.78, 5) is 15.7. The average molecular weight is 671 g/mol. The molecule has 0 bridgehead atoms. The van der Waals surface area contributed by atoms with Gasteiger partial charge >= 0.3 is 0 Å². The molecule has 0 unspecified atom stereocenters. The maximum Gasteiger partial charge on any atom is 0.167 e. The first-order valence-corrected chi connectivity index (χ1v) is 17.8. The second-order valence-corrected chi connectivity index (χ2v) is 13.9. The lowest BCUT2D eigenvalue weighted by Crippen LogP contribution is -2.04. The maximum atomic E-state index is 6.50. The van der Waals surface area contributed by atoms with Crippen molar-refractivity contribution in [1.82, 2.24) is 19.5 Å². The molecule has 6 heteroatoms. The molecule has 0 saturated heterocycles. The molecule has 11 aromatic rings. The van der Waals surface area contributed by atoms with E-state index in [0.29, 0.717) is 17.5 Å². The van der Waals surface area contributed by atoms with Gasteiger partial charge in [0.2, 0.25) is 0 Å². The summed E-state index contributed by atoms with van der Waals surface area (Å²) in [6.07, 6.45) is 0. The van der Waals surface area contributed by atoms with E-state index in [1.807, 2.05) is 54.6 Å². The Labute approximate surface area is 295 Å². The number of rotatable bonds is 4. The zero-order valence-electron chi connectivity index (χ0n) is 27.1. The second-order valence-electron chi connectivity index (χ2n) is 12.8. The Kier molecular flexibility index (Phi) is 6.05. The number of para-hydroxylation sites is 4. The van der Waals surface area contributed by atoms with Gasteiger partial charge in [-0.05, 0) is 42.5 Å². The molecular weight excluding hydrogens is 645 g/mol. The summed E-state index contributed by atoms with van der Waals surface area (Å²) in [7, 11) is 0. The van der Waals surface area contributed by atoms with Crippen molar-refractivity contribution in [3.05, 3.63) is 158 Å². The fraction of sp³-hybridized carbons (Fsp3) is 0. The molecule has 0 aliphatic carbocycles. The molecule has 51 heavy (non-hydrogen) atoms. The minimum absolute atomic E-state index is 0.563. The van der Waals surface area contributed by atoms with Gasteiger partial charge in [-0.3, -0.25) is 0 Å². The SMILES string of the molecule is c1ccc(-c2nc(-c3cc4sc5ccccc5c4cc3-n3c4ccccc4c4ccccc43)nc(-c3cccc4c3oc3ccccc34)n2)cc1. The van der Waals surface area contributed by atoms with Crippen molar-refractivity contribution in [2.45, 2.75) is 0 Å². The van der Waals surface area contributed by atoms with E-state index in [0.717, 1.165) is 55.3 Å². The van der Waals surface area contributed by atoms with Crippen LogP contribution in [0.4, 0.5) is 0 Å². The van der Waals surface area contributed by atoms with Crippen LogP contribution in [0.2, 0.25) is 0 Å².